The Bertz CT molecular complexity index is 2900. The number of halogens is 7. The third-order valence-electron chi connectivity index (χ3n) is 11.3. The molecule has 4 heterocycles. The molecule has 2 fully saturated rings. The largest absolute Gasteiger partial charge is 0.444 e. The van der Waals surface area contributed by atoms with Gasteiger partial charge >= 0.3 is 12.3 Å². The number of hydrogen-bond acceptors (Lipinski definition) is 9. The van der Waals surface area contributed by atoms with E-state index >= 15 is 8.78 Å². The first kappa shape index (κ1) is 44.8. The van der Waals surface area contributed by atoms with Crippen molar-refractivity contribution in [1.29, 1.82) is 0 Å². The van der Waals surface area contributed by atoms with Gasteiger partial charge in [-0.2, -0.15) is 32.1 Å². The van der Waals surface area contributed by atoms with Crippen molar-refractivity contribution in [1.82, 2.24) is 29.4 Å². The number of amides is 1. The number of rotatable bonds is 10. The van der Waals surface area contributed by atoms with Gasteiger partial charge in [-0.15, -0.1) is 0 Å². The Balaban J connectivity index is 1.23. The van der Waals surface area contributed by atoms with E-state index in [4.69, 9.17) is 9.72 Å². The highest BCUT2D eigenvalue weighted by Gasteiger charge is 2.68. The van der Waals surface area contributed by atoms with Crippen molar-refractivity contribution in [2.75, 3.05) is 19.3 Å². The normalized spacial score (nSPS) is 19.0. The number of Topliss-reactive ketones (excluding diaryl/α,β-unsaturated/α-hetero) is 1. The zero-order chi connectivity index (χ0) is 46.5. The molecule has 2 aliphatic carbocycles. The molecule has 338 valence electrons. The molecule has 0 bridgehead atoms. The van der Waals surface area contributed by atoms with Gasteiger partial charge in [-0.05, 0) is 75.3 Å². The van der Waals surface area contributed by atoms with Gasteiger partial charge in [-0.1, -0.05) is 24.1 Å². The van der Waals surface area contributed by atoms with Crippen LogP contribution in [0.2, 0.25) is 0 Å². The number of aryl methyl sites for hydroxylation is 1. The highest BCUT2D eigenvalue weighted by atomic mass is 32.2. The highest BCUT2D eigenvalue weighted by molar-refractivity contribution is 7.89. The van der Waals surface area contributed by atoms with Crippen molar-refractivity contribution in [3.63, 3.8) is 0 Å². The van der Waals surface area contributed by atoms with Gasteiger partial charge in [-0.3, -0.25) is 14.2 Å². The average Bonchev–Trinajstić information content (AvgIpc) is 3.70. The van der Waals surface area contributed by atoms with E-state index in [0.29, 0.717) is 32.8 Å². The van der Waals surface area contributed by atoms with Crippen LogP contribution in [0.25, 0.3) is 22.0 Å². The van der Waals surface area contributed by atoms with E-state index in [-0.39, 0.29) is 48.6 Å². The molecule has 12 nitrogen and oxygen atoms in total. The minimum Gasteiger partial charge on any atom is -0.444 e. The van der Waals surface area contributed by atoms with Crippen LogP contribution in [-0.2, 0) is 57.2 Å². The fourth-order valence-corrected chi connectivity index (χ4v) is 9.45. The maximum absolute atomic E-state index is 15.5. The van der Waals surface area contributed by atoms with Crippen molar-refractivity contribution in [3.8, 4) is 23.0 Å². The van der Waals surface area contributed by atoms with E-state index in [1.807, 2.05) is 0 Å². The molecule has 3 aromatic heterocycles. The molecule has 64 heavy (non-hydrogen) atoms. The number of sulfone groups is 1. The number of hydrogen-bond donors (Lipinski definition) is 1. The molecule has 1 saturated heterocycles. The summed E-state index contributed by atoms with van der Waals surface area (Å²) in [4.78, 5) is 32.8. The number of β-amino-alcohol motifs (C(OH)–C–C–N with tert-alkyl or cyclic N) is 1. The van der Waals surface area contributed by atoms with E-state index < -0.39 is 110 Å². The Morgan fingerprint density at radius 1 is 1.02 bits per heavy atom. The van der Waals surface area contributed by atoms with Crippen LogP contribution in [0.15, 0.2) is 48.5 Å². The van der Waals surface area contributed by atoms with Gasteiger partial charge in [0.2, 0.25) is 0 Å². The van der Waals surface area contributed by atoms with E-state index in [0.717, 1.165) is 18.4 Å². The number of benzene rings is 2. The molecule has 5 aromatic rings. The summed E-state index contributed by atoms with van der Waals surface area (Å²) in [6.45, 7) is 3.66. The van der Waals surface area contributed by atoms with Crippen LogP contribution in [0.5, 0.6) is 0 Å². The van der Waals surface area contributed by atoms with Crippen molar-refractivity contribution in [2.45, 2.75) is 87.5 Å². The van der Waals surface area contributed by atoms with Gasteiger partial charge in [0.05, 0.1) is 35.7 Å². The monoisotopic (exact) mass is 914 g/mol. The van der Waals surface area contributed by atoms with E-state index in [1.165, 1.54) is 15.6 Å². The number of likely N-dealkylation sites (tertiary alicyclic amines) is 1. The number of ether oxygens (including phenoxy) is 1. The predicted octanol–water partition coefficient (Wildman–Crippen LogP) is 7.20. The molecule has 8 rings (SSSR count). The molecule has 3 atom stereocenters. The Kier molecular flexibility index (Phi) is 10.8. The first-order valence-electron chi connectivity index (χ1n) is 20.1. The van der Waals surface area contributed by atoms with Gasteiger partial charge in [0.1, 0.15) is 35.2 Å². The summed E-state index contributed by atoms with van der Waals surface area (Å²) in [5.41, 5.74) is -4.01. The molecule has 0 unspecified atom stereocenters. The summed E-state index contributed by atoms with van der Waals surface area (Å²) >= 11 is 0. The summed E-state index contributed by atoms with van der Waals surface area (Å²) in [6.07, 6.45) is -5.76. The SMILES string of the molecule is Cn1nc(CS(C)(=O)=O)c2cccc(-c3ccc(C#CC4(O)CN(C(=O)OC(C)(C)C)C4)nc3[C@@H](CC(=O)Cn3nc(C(F)(F)F)c4c3C(F)(F)[C@@H]3C[C@H]43)Cc3cc(F)cc(F)c3)c21. The summed E-state index contributed by atoms with van der Waals surface area (Å²) in [5, 5.41) is 19.6. The van der Waals surface area contributed by atoms with Crippen molar-refractivity contribution < 1.29 is 58.6 Å². The van der Waals surface area contributed by atoms with Crippen molar-refractivity contribution in [2.24, 2.45) is 13.0 Å². The zero-order valence-corrected chi connectivity index (χ0v) is 35.8. The number of nitrogens with zero attached hydrogens (tertiary/aromatic N) is 6. The molecule has 2 aromatic carbocycles. The van der Waals surface area contributed by atoms with Crippen molar-refractivity contribution in [3.05, 3.63) is 99.8 Å². The molecule has 0 spiro atoms. The number of carbonyl (C=O) groups excluding carboxylic acids is 2. The average molecular weight is 915 g/mol. The van der Waals surface area contributed by atoms with Crippen LogP contribution < -0.4 is 0 Å². The number of aromatic nitrogens is 5. The molecule has 0 radical (unpaired) electrons. The summed E-state index contributed by atoms with van der Waals surface area (Å²) < 4.78 is 135. The first-order chi connectivity index (χ1) is 29.7. The van der Waals surface area contributed by atoms with Gasteiger partial charge in [0.15, 0.2) is 26.9 Å². The highest BCUT2D eigenvalue weighted by Crippen LogP contribution is 2.68. The number of fused-ring (bicyclic) bond motifs is 4. The quantitative estimate of drug-likeness (QED) is 0.113. The third kappa shape index (κ3) is 8.83. The Hall–Kier alpha value is -5.81. The van der Waals surface area contributed by atoms with E-state index in [1.54, 1.807) is 52.1 Å². The number of pyridine rings is 1. The number of para-hydroxylation sites is 1. The summed E-state index contributed by atoms with van der Waals surface area (Å²) in [6, 6.07) is 10.7. The molecule has 1 saturated carbocycles. The second-order valence-electron chi connectivity index (χ2n) is 17.8. The Morgan fingerprint density at radius 2 is 1.70 bits per heavy atom. The molecule has 3 aliphatic rings. The van der Waals surface area contributed by atoms with Gasteiger partial charge < -0.3 is 14.7 Å². The van der Waals surface area contributed by atoms with Gasteiger partial charge in [-0.25, -0.2) is 27.0 Å². The maximum Gasteiger partial charge on any atom is 0.435 e. The van der Waals surface area contributed by atoms with Crippen LogP contribution in [0.1, 0.15) is 85.0 Å². The lowest BCUT2D eigenvalue weighted by molar-refractivity contribution is -0.142. The lowest BCUT2D eigenvalue weighted by atomic mass is 9.86. The minimum atomic E-state index is -5.08. The number of carbonyl (C=O) groups is 2. The Morgan fingerprint density at radius 3 is 2.34 bits per heavy atom. The molecular formula is C44H41F7N6O6S. The van der Waals surface area contributed by atoms with Gasteiger partial charge in [0.25, 0.3) is 5.92 Å². The van der Waals surface area contributed by atoms with E-state index in [2.05, 4.69) is 22.0 Å². The third-order valence-corrected chi connectivity index (χ3v) is 12.1. The second kappa shape index (κ2) is 15.4. The van der Waals surface area contributed by atoms with Crippen LogP contribution in [0, 0.1) is 29.4 Å². The van der Waals surface area contributed by atoms with Crippen molar-refractivity contribution >= 4 is 32.6 Å². The lowest BCUT2D eigenvalue weighted by Crippen LogP contribution is -2.63. The predicted molar refractivity (Wildman–Crippen MR) is 217 cm³/mol. The zero-order valence-electron chi connectivity index (χ0n) is 35.0. The first-order valence-corrected chi connectivity index (χ1v) is 22.2. The molecule has 20 heteroatoms. The molecular weight excluding hydrogens is 874 g/mol. The minimum absolute atomic E-state index is 0.0271. The summed E-state index contributed by atoms with van der Waals surface area (Å²) in [5.74, 6) is -4.89. The van der Waals surface area contributed by atoms with Crippen LogP contribution in [0.4, 0.5) is 35.5 Å². The Labute approximate surface area is 362 Å². The lowest BCUT2D eigenvalue weighted by Gasteiger charge is -2.43. The standard InChI is InChI=1S/C44H41F7N6O6S/c1-41(2,3)63-40(59)56-21-42(60,22-56)12-11-27-9-10-29(30-7-6-8-31-34(20-64(5,61)62)53-55(4)37(30)31)36(52-27)24(13-23-14-25(45)17-26(46)15-23)16-28(58)19-57-39-35(38(54-57)44(49,50)51)32-18-33(32)43(39,47)48/h6-10,14-15,17,24,32-33,60H,13,16,18-22H2,1-5H3/t24-,32+,33-/m1/s1. The molecule has 1 amide bonds. The second-order valence-corrected chi connectivity index (χ2v) is 20.0. The smallest absolute Gasteiger partial charge is 0.435 e. The maximum atomic E-state index is 15.5. The fourth-order valence-electron chi connectivity index (χ4n) is 8.74. The molecule has 1 aliphatic heterocycles. The number of aliphatic hydroxyl groups is 1. The topological polar surface area (TPSA) is 150 Å². The van der Waals surface area contributed by atoms with Gasteiger partial charge in [0, 0.05) is 59.7 Å². The van der Waals surface area contributed by atoms with Crippen LogP contribution >= 0.6 is 0 Å². The molecule has 1 N–H and O–H groups in total. The van der Waals surface area contributed by atoms with Crippen LogP contribution in [0.3, 0.4) is 0 Å². The van der Waals surface area contributed by atoms with E-state index in [9.17, 15) is 45.1 Å². The fraction of sp³-hybridized carbons (Fsp3) is 0.432. The number of ketones is 1. The summed E-state index contributed by atoms with van der Waals surface area (Å²) in [7, 11) is -1.98. The van der Waals surface area contributed by atoms with Crippen LogP contribution in [-0.4, -0.2) is 85.4 Å². The number of alkyl halides is 5.